The summed E-state index contributed by atoms with van der Waals surface area (Å²) in [5.41, 5.74) is 4.07. The van der Waals surface area contributed by atoms with Gasteiger partial charge in [-0.15, -0.1) is 4.57 Å². The average Bonchev–Trinajstić information content (AvgIpc) is 3.19. The van der Waals surface area contributed by atoms with Gasteiger partial charge >= 0.3 is 5.79 Å². The minimum Gasteiger partial charge on any atom is -0.266 e. The monoisotopic (exact) mass is 379 g/mol. The Morgan fingerprint density at radius 3 is 2.61 bits per heavy atom. The quantitative estimate of drug-likeness (QED) is 0.514. The number of pyridine rings is 1. The number of hydrogen-bond donors (Lipinski definition) is 0. The topological polar surface area (TPSA) is 24.9 Å². The van der Waals surface area contributed by atoms with E-state index in [0.29, 0.717) is 4.48 Å². The smallest absolute Gasteiger partial charge is 0.266 e. The second kappa shape index (κ2) is 6.27. The highest BCUT2D eigenvalue weighted by Gasteiger charge is 2.61. The first-order chi connectivity index (χ1) is 13.3. The van der Waals surface area contributed by atoms with E-state index in [1.807, 2.05) is 49.1 Å². The van der Waals surface area contributed by atoms with E-state index in [9.17, 15) is 4.39 Å². The van der Waals surface area contributed by atoms with Gasteiger partial charge in [0.1, 0.15) is 23.4 Å². The molecule has 0 N–H and O–H groups in total. The Morgan fingerprint density at radius 1 is 1.14 bits per heavy atom. The molecule has 3 aromatic rings. The van der Waals surface area contributed by atoms with Gasteiger partial charge in [-0.05, 0) is 31.2 Å². The van der Waals surface area contributed by atoms with Crippen molar-refractivity contribution in [3.63, 3.8) is 0 Å². The van der Waals surface area contributed by atoms with Crippen molar-refractivity contribution in [2.45, 2.75) is 19.6 Å². The molecule has 1 aliphatic rings. The zero-order valence-corrected chi connectivity index (χ0v) is 17.0. The summed E-state index contributed by atoms with van der Waals surface area (Å²) in [7, 11) is 6.18. The second-order valence-electron chi connectivity index (χ2n) is 7.68. The molecular formula is C22H26FN5+2. The Labute approximate surface area is 165 Å². The van der Waals surface area contributed by atoms with Crippen molar-refractivity contribution in [1.29, 1.82) is 0 Å². The van der Waals surface area contributed by atoms with Crippen LogP contribution in [0.5, 0.6) is 0 Å². The largest absolute Gasteiger partial charge is 0.384 e. The predicted octanol–water partition coefficient (Wildman–Crippen LogP) is 3.51. The van der Waals surface area contributed by atoms with Gasteiger partial charge in [0.25, 0.3) is 0 Å². The highest BCUT2D eigenvalue weighted by atomic mass is 19.1. The molecule has 6 heteroatoms. The van der Waals surface area contributed by atoms with Gasteiger partial charge in [0.2, 0.25) is 5.69 Å². The third-order valence-electron chi connectivity index (χ3n) is 6.20. The summed E-state index contributed by atoms with van der Waals surface area (Å²) in [6.45, 7) is 4.17. The van der Waals surface area contributed by atoms with E-state index in [2.05, 4.69) is 60.2 Å². The van der Waals surface area contributed by atoms with Gasteiger partial charge in [0, 0.05) is 44.1 Å². The van der Waals surface area contributed by atoms with Crippen LogP contribution < -0.4 is 9.05 Å². The van der Waals surface area contributed by atoms with E-state index in [0.717, 1.165) is 22.6 Å². The van der Waals surface area contributed by atoms with Crippen LogP contribution in [0.1, 0.15) is 12.5 Å². The van der Waals surface area contributed by atoms with E-state index in [-0.39, 0.29) is 5.82 Å². The van der Waals surface area contributed by atoms with Crippen LogP contribution >= 0.6 is 0 Å². The van der Waals surface area contributed by atoms with E-state index in [4.69, 9.17) is 0 Å². The molecule has 0 bridgehead atoms. The number of aryl methyl sites for hydroxylation is 2. The number of quaternary nitrogens is 1. The zero-order valence-electron chi connectivity index (χ0n) is 17.0. The summed E-state index contributed by atoms with van der Waals surface area (Å²) in [5.74, 6) is -0.710. The normalized spacial score (nSPS) is 24.1. The third kappa shape index (κ3) is 2.41. The third-order valence-corrected chi connectivity index (χ3v) is 6.20. The minimum absolute atomic E-state index is 0.214. The van der Waals surface area contributed by atoms with Crippen LogP contribution in [0, 0.1) is 12.7 Å². The molecule has 2 atom stereocenters. The van der Waals surface area contributed by atoms with E-state index >= 15 is 0 Å². The lowest BCUT2D eigenvalue weighted by atomic mass is 10.1. The summed E-state index contributed by atoms with van der Waals surface area (Å²) in [6, 6.07) is 13.2. The van der Waals surface area contributed by atoms with Crippen molar-refractivity contribution in [3.8, 4) is 11.4 Å². The van der Waals surface area contributed by atoms with Gasteiger partial charge in [0.05, 0.1) is 20.2 Å². The standard InChI is InChI=1S/C22H26FN5/c1-17-16-18(23)9-10-21(17)28(5)15-14-25(3)22(28,2)27-13-7-6-8-20(27)19-11-12-24-26(19)4/h6-16H,1-5H3/q+2/t22-,28?/m0/s1. The summed E-state index contributed by atoms with van der Waals surface area (Å²) >= 11 is 0. The Kier molecular flexibility index (Phi) is 4.12. The molecule has 0 aliphatic carbocycles. The van der Waals surface area contributed by atoms with Gasteiger partial charge in [-0.25, -0.2) is 4.39 Å². The number of nitrogens with zero attached hydrogens (tertiary/aromatic N) is 5. The first-order valence-corrected chi connectivity index (χ1v) is 9.34. The van der Waals surface area contributed by atoms with Crippen molar-refractivity contribution in [3.05, 3.63) is 78.6 Å². The molecule has 2 aromatic heterocycles. The Morgan fingerprint density at radius 2 is 1.93 bits per heavy atom. The molecule has 4 rings (SSSR count). The lowest BCUT2D eigenvalue weighted by Crippen LogP contribution is -2.75. The molecule has 0 radical (unpaired) electrons. The maximum absolute atomic E-state index is 13.8. The van der Waals surface area contributed by atoms with E-state index in [1.165, 1.54) is 6.07 Å². The fourth-order valence-corrected chi connectivity index (χ4v) is 4.33. The van der Waals surface area contributed by atoms with Gasteiger partial charge in [-0.1, -0.05) is 0 Å². The summed E-state index contributed by atoms with van der Waals surface area (Å²) in [4.78, 5) is 2.20. The van der Waals surface area contributed by atoms with Gasteiger partial charge < -0.3 is 0 Å². The number of hydrogen-bond acceptors (Lipinski definition) is 2. The van der Waals surface area contributed by atoms with E-state index < -0.39 is 5.79 Å². The van der Waals surface area contributed by atoms with Gasteiger partial charge in [-0.3, -0.25) is 9.58 Å². The number of benzene rings is 1. The molecule has 0 spiro atoms. The fourth-order valence-electron chi connectivity index (χ4n) is 4.33. The van der Waals surface area contributed by atoms with Crippen LogP contribution in [-0.4, -0.2) is 28.8 Å². The van der Waals surface area contributed by atoms with Crippen molar-refractivity contribution in [2.24, 2.45) is 7.05 Å². The van der Waals surface area contributed by atoms with Crippen LogP contribution in [0.3, 0.4) is 0 Å². The SMILES string of the molecule is Cc1cc(F)ccc1[N+]1(C)C=CN(C)[C@@]1(C)[n+]1ccccc1-c1ccnn1C. The van der Waals surface area contributed by atoms with Crippen LogP contribution in [0.15, 0.2) is 67.3 Å². The minimum atomic E-state index is -0.497. The zero-order chi connectivity index (χ0) is 20.1. The number of aromatic nitrogens is 3. The van der Waals surface area contributed by atoms with Crippen molar-refractivity contribution in [2.75, 3.05) is 14.1 Å². The van der Waals surface area contributed by atoms with E-state index in [1.54, 1.807) is 6.07 Å². The first kappa shape index (κ1) is 18.4. The lowest BCUT2D eigenvalue weighted by molar-refractivity contribution is -0.789. The maximum Gasteiger partial charge on any atom is 0.384 e. The molecule has 0 saturated carbocycles. The summed E-state index contributed by atoms with van der Waals surface area (Å²) in [6.07, 6.45) is 8.16. The Bertz CT molecular complexity index is 1070. The van der Waals surface area contributed by atoms with Gasteiger partial charge in [-0.2, -0.15) is 9.58 Å². The molecule has 0 fully saturated rings. The van der Waals surface area contributed by atoms with Crippen LogP contribution in [0.4, 0.5) is 10.1 Å². The molecule has 144 valence electrons. The van der Waals surface area contributed by atoms with Crippen LogP contribution in [0.2, 0.25) is 0 Å². The Balaban J connectivity index is 1.97. The maximum atomic E-state index is 13.8. The molecule has 5 nitrogen and oxygen atoms in total. The van der Waals surface area contributed by atoms with Crippen LogP contribution in [0.25, 0.3) is 11.4 Å². The highest BCUT2D eigenvalue weighted by Crippen LogP contribution is 2.41. The molecule has 28 heavy (non-hydrogen) atoms. The summed E-state index contributed by atoms with van der Waals surface area (Å²) in [5, 5.41) is 4.35. The van der Waals surface area contributed by atoms with Crippen LogP contribution in [-0.2, 0) is 12.8 Å². The Hall–Kier alpha value is -2.99. The molecule has 1 unspecified atom stereocenters. The lowest BCUT2D eigenvalue weighted by Gasteiger charge is -2.41. The highest BCUT2D eigenvalue weighted by molar-refractivity contribution is 5.54. The van der Waals surface area contributed by atoms with Crippen molar-refractivity contribution < 1.29 is 8.96 Å². The fraction of sp³-hybridized carbons (Fsp3) is 0.273. The number of rotatable bonds is 3. The molecule has 3 heterocycles. The predicted molar refractivity (Wildman–Crippen MR) is 108 cm³/mol. The van der Waals surface area contributed by atoms with Crippen molar-refractivity contribution >= 4 is 5.69 Å². The van der Waals surface area contributed by atoms with Crippen molar-refractivity contribution in [1.82, 2.24) is 19.2 Å². The molecule has 0 amide bonds. The first-order valence-electron chi connectivity index (χ1n) is 9.34. The number of halogens is 1. The second-order valence-corrected chi connectivity index (χ2v) is 7.68. The molecule has 0 saturated heterocycles. The summed E-state index contributed by atoms with van der Waals surface area (Å²) < 4.78 is 18.4. The molecule has 1 aliphatic heterocycles. The van der Waals surface area contributed by atoms with Gasteiger partial charge in [0.15, 0.2) is 6.20 Å². The average molecular weight is 379 g/mol. The molecular weight excluding hydrogens is 353 g/mol. The molecule has 1 aromatic carbocycles.